The van der Waals surface area contributed by atoms with E-state index in [9.17, 15) is 0 Å². The second kappa shape index (κ2) is 3.69. The van der Waals surface area contributed by atoms with Crippen molar-refractivity contribution >= 4 is 34.9 Å². The first kappa shape index (κ1) is 9.05. The van der Waals surface area contributed by atoms with Crippen molar-refractivity contribution in [1.29, 1.82) is 0 Å². The number of hydrogen-bond donors (Lipinski definition) is 3. The van der Waals surface area contributed by atoms with Gasteiger partial charge in [0.15, 0.2) is 0 Å². The quantitative estimate of drug-likeness (QED) is 0.519. The fourth-order valence-electron chi connectivity index (χ4n) is 1.21. The normalized spacial score (nSPS) is 19.4. The first-order chi connectivity index (χ1) is 6.33. The number of nitrogens with two attached hydrogens (primary N) is 1. The van der Waals surface area contributed by atoms with Crippen LogP contribution < -0.4 is 16.6 Å². The molecular formula is C8H11N3S2. The van der Waals surface area contributed by atoms with Crippen LogP contribution in [-0.2, 0) is 0 Å². The van der Waals surface area contributed by atoms with Gasteiger partial charge in [-0.1, -0.05) is 11.8 Å². The SMILES string of the molecule is CSC1Nc2ccc(NN)cc2S1. The van der Waals surface area contributed by atoms with Crippen molar-refractivity contribution in [3.8, 4) is 0 Å². The van der Waals surface area contributed by atoms with Crippen LogP contribution in [-0.4, -0.2) is 11.0 Å². The maximum Gasteiger partial charge on any atom is 0.124 e. The molecule has 1 aromatic rings. The van der Waals surface area contributed by atoms with Crippen LogP contribution in [0.4, 0.5) is 11.4 Å². The molecule has 0 amide bonds. The van der Waals surface area contributed by atoms with Gasteiger partial charge in [0.1, 0.15) is 4.71 Å². The minimum absolute atomic E-state index is 0.433. The van der Waals surface area contributed by atoms with Gasteiger partial charge in [0.05, 0.1) is 0 Å². The van der Waals surface area contributed by atoms with Crippen LogP contribution in [0.25, 0.3) is 0 Å². The fourth-order valence-corrected chi connectivity index (χ4v) is 3.01. The van der Waals surface area contributed by atoms with Crippen LogP contribution in [0, 0.1) is 0 Å². The number of benzene rings is 1. The van der Waals surface area contributed by atoms with Crippen molar-refractivity contribution in [2.24, 2.45) is 5.84 Å². The van der Waals surface area contributed by atoms with E-state index >= 15 is 0 Å². The van der Waals surface area contributed by atoms with Gasteiger partial charge in [-0.3, -0.25) is 5.84 Å². The summed E-state index contributed by atoms with van der Waals surface area (Å²) in [5, 5.41) is 3.39. The zero-order valence-electron chi connectivity index (χ0n) is 7.20. The highest BCUT2D eigenvalue weighted by Crippen LogP contribution is 2.43. The van der Waals surface area contributed by atoms with Gasteiger partial charge < -0.3 is 10.7 Å². The maximum atomic E-state index is 5.33. The van der Waals surface area contributed by atoms with Crippen LogP contribution >= 0.6 is 23.5 Å². The molecule has 0 bridgehead atoms. The molecule has 1 atom stereocenters. The van der Waals surface area contributed by atoms with Gasteiger partial charge in [-0.2, -0.15) is 0 Å². The second-order valence-electron chi connectivity index (χ2n) is 2.69. The van der Waals surface area contributed by atoms with Crippen LogP contribution in [0.1, 0.15) is 0 Å². The number of hydrogen-bond acceptors (Lipinski definition) is 5. The highest BCUT2D eigenvalue weighted by Gasteiger charge is 2.19. The van der Waals surface area contributed by atoms with Gasteiger partial charge in [-0.15, -0.1) is 11.8 Å². The smallest absolute Gasteiger partial charge is 0.124 e. The Morgan fingerprint density at radius 3 is 3.15 bits per heavy atom. The molecule has 0 fully saturated rings. The van der Waals surface area contributed by atoms with Gasteiger partial charge in [0.25, 0.3) is 0 Å². The van der Waals surface area contributed by atoms with E-state index in [-0.39, 0.29) is 0 Å². The number of nitrogens with one attached hydrogen (secondary N) is 2. The summed E-state index contributed by atoms with van der Waals surface area (Å²) in [6, 6.07) is 6.08. The molecule has 1 aromatic carbocycles. The van der Waals surface area contributed by atoms with E-state index in [1.165, 1.54) is 10.6 Å². The third-order valence-electron chi connectivity index (χ3n) is 1.87. The molecule has 1 unspecified atom stereocenters. The van der Waals surface area contributed by atoms with Crippen molar-refractivity contribution in [3.63, 3.8) is 0 Å². The molecule has 4 N–H and O–H groups in total. The molecule has 13 heavy (non-hydrogen) atoms. The summed E-state index contributed by atoms with van der Waals surface area (Å²) in [5.74, 6) is 5.33. The predicted octanol–water partition coefficient (Wildman–Crippen LogP) is 2.14. The summed E-state index contributed by atoms with van der Waals surface area (Å²) in [4.78, 5) is 1.26. The van der Waals surface area contributed by atoms with E-state index in [0.29, 0.717) is 4.71 Å². The summed E-state index contributed by atoms with van der Waals surface area (Å²) >= 11 is 3.62. The van der Waals surface area contributed by atoms with Gasteiger partial charge >= 0.3 is 0 Å². The van der Waals surface area contributed by atoms with Crippen LogP contribution in [0.5, 0.6) is 0 Å². The largest absolute Gasteiger partial charge is 0.364 e. The average Bonchev–Trinajstić information content (AvgIpc) is 2.58. The molecule has 70 valence electrons. The summed E-state index contributed by atoms with van der Waals surface area (Å²) in [5.41, 5.74) is 4.79. The van der Waals surface area contributed by atoms with Crippen LogP contribution in [0.2, 0.25) is 0 Å². The Morgan fingerprint density at radius 1 is 1.62 bits per heavy atom. The summed E-state index contributed by atoms with van der Waals surface area (Å²) < 4.78 is 0.433. The van der Waals surface area contributed by atoms with Crippen molar-refractivity contribution in [3.05, 3.63) is 18.2 Å². The molecule has 1 aliphatic heterocycles. The third kappa shape index (κ3) is 1.72. The number of hydrazine groups is 1. The van der Waals surface area contributed by atoms with Gasteiger partial charge in [0, 0.05) is 16.3 Å². The number of thioether (sulfide) groups is 2. The van der Waals surface area contributed by atoms with Crippen LogP contribution in [0.15, 0.2) is 23.1 Å². The Morgan fingerprint density at radius 2 is 2.46 bits per heavy atom. The fraction of sp³-hybridized carbons (Fsp3) is 0.250. The molecule has 0 saturated carbocycles. The van der Waals surface area contributed by atoms with E-state index in [2.05, 4.69) is 23.1 Å². The summed E-state index contributed by atoms with van der Waals surface area (Å²) in [6.45, 7) is 0. The lowest BCUT2D eigenvalue weighted by molar-refractivity contribution is 1.32. The number of rotatable bonds is 2. The third-order valence-corrected chi connectivity index (χ3v) is 4.21. The standard InChI is InChI=1S/C8H11N3S2/c1-12-8-10-6-3-2-5(11-9)4-7(6)13-8/h2-4,8,10-11H,9H2,1H3. The first-order valence-corrected chi connectivity index (χ1v) is 6.07. The van der Waals surface area contributed by atoms with Gasteiger partial charge in [-0.05, 0) is 24.5 Å². The number of nitrogen functional groups attached to an aromatic ring is 1. The molecular weight excluding hydrogens is 202 g/mol. The molecule has 1 heterocycles. The van der Waals surface area contributed by atoms with Gasteiger partial charge in [0.2, 0.25) is 0 Å². The molecule has 3 nitrogen and oxygen atoms in total. The van der Waals surface area contributed by atoms with Gasteiger partial charge in [-0.25, -0.2) is 0 Å². The maximum absolute atomic E-state index is 5.33. The van der Waals surface area contributed by atoms with Crippen molar-refractivity contribution in [2.75, 3.05) is 17.0 Å². The minimum atomic E-state index is 0.433. The topological polar surface area (TPSA) is 50.1 Å². The van der Waals surface area contributed by atoms with Crippen LogP contribution in [0.3, 0.4) is 0 Å². The second-order valence-corrected chi connectivity index (χ2v) is 5.07. The zero-order valence-corrected chi connectivity index (χ0v) is 8.84. The van der Waals surface area contributed by atoms with Crippen molar-refractivity contribution in [2.45, 2.75) is 9.60 Å². The predicted molar refractivity (Wildman–Crippen MR) is 61.0 cm³/mol. The highest BCUT2D eigenvalue weighted by molar-refractivity contribution is 8.17. The molecule has 0 aromatic heterocycles. The zero-order chi connectivity index (χ0) is 9.26. The summed E-state index contributed by atoms with van der Waals surface area (Å²) in [7, 11) is 0. The molecule has 0 spiro atoms. The van der Waals surface area contributed by atoms with E-state index in [4.69, 9.17) is 5.84 Å². The van der Waals surface area contributed by atoms with E-state index in [1.807, 2.05) is 23.9 Å². The Labute approximate surface area is 85.8 Å². The van der Waals surface area contributed by atoms with E-state index in [1.54, 1.807) is 11.8 Å². The lowest BCUT2D eigenvalue weighted by Gasteiger charge is -2.04. The monoisotopic (exact) mass is 213 g/mol. The first-order valence-electron chi connectivity index (χ1n) is 3.90. The number of fused-ring (bicyclic) bond motifs is 1. The average molecular weight is 213 g/mol. The Kier molecular flexibility index (Phi) is 2.57. The molecule has 5 heteroatoms. The van der Waals surface area contributed by atoms with E-state index in [0.717, 1.165) is 5.69 Å². The molecule has 0 saturated heterocycles. The number of anilines is 2. The summed E-state index contributed by atoms with van der Waals surface area (Å²) in [6.07, 6.45) is 2.10. The van der Waals surface area contributed by atoms with Crippen molar-refractivity contribution in [1.82, 2.24) is 0 Å². The molecule has 0 radical (unpaired) electrons. The highest BCUT2D eigenvalue weighted by atomic mass is 32.2. The Hall–Kier alpha value is -0.520. The Bertz CT molecular complexity index is 316. The van der Waals surface area contributed by atoms with E-state index < -0.39 is 0 Å². The molecule has 1 aliphatic rings. The molecule has 0 aliphatic carbocycles. The lowest BCUT2D eigenvalue weighted by atomic mass is 10.3. The minimum Gasteiger partial charge on any atom is -0.364 e. The Balaban J connectivity index is 2.25. The van der Waals surface area contributed by atoms with Crippen molar-refractivity contribution < 1.29 is 0 Å². The molecule has 2 rings (SSSR count). The lowest BCUT2D eigenvalue weighted by Crippen LogP contribution is -2.06.